The van der Waals surface area contributed by atoms with Crippen LogP contribution in [0.3, 0.4) is 0 Å². The van der Waals surface area contributed by atoms with Crippen LogP contribution in [0.2, 0.25) is 0 Å². The molecule has 1 aromatic carbocycles. The molecule has 0 amide bonds. The molecule has 0 heterocycles. The van der Waals surface area contributed by atoms with E-state index in [4.69, 9.17) is 5.26 Å². The molecule has 1 aliphatic rings. The molecule has 3 nitrogen and oxygen atoms in total. The molecule has 0 aromatic heterocycles. The van der Waals surface area contributed by atoms with Gasteiger partial charge in [0.05, 0.1) is 11.6 Å². The molecule has 0 saturated heterocycles. The molecule has 0 atom stereocenters. The van der Waals surface area contributed by atoms with Crippen molar-refractivity contribution in [1.82, 2.24) is 4.90 Å². The number of hydrogen-bond acceptors (Lipinski definition) is 3. The molecule has 0 unspecified atom stereocenters. The zero-order valence-electron chi connectivity index (χ0n) is 10.5. The van der Waals surface area contributed by atoms with E-state index in [0.717, 1.165) is 35.9 Å². The lowest BCUT2D eigenvalue weighted by Crippen LogP contribution is -2.27. The fraction of sp³-hybridized carbons (Fsp3) is 0.500. The molecule has 2 rings (SSSR count). The highest BCUT2D eigenvalue weighted by atomic mass is 15.2. The van der Waals surface area contributed by atoms with Crippen LogP contribution < -0.4 is 5.32 Å². The van der Waals surface area contributed by atoms with Crippen molar-refractivity contribution < 1.29 is 0 Å². The van der Waals surface area contributed by atoms with Crippen LogP contribution in [0.5, 0.6) is 0 Å². The standard InChI is InChI=1S/C14H19N3/c1-11-9-12(10-15)3-6-14(11)16-7-8-17(2)13-4-5-13/h3,6,9,13,16H,4-5,7-8H2,1-2H3. The lowest BCUT2D eigenvalue weighted by molar-refractivity contribution is 0.337. The van der Waals surface area contributed by atoms with Gasteiger partial charge in [-0.1, -0.05) is 0 Å². The van der Waals surface area contributed by atoms with Crippen LogP contribution in [-0.2, 0) is 0 Å². The Hall–Kier alpha value is -1.53. The maximum absolute atomic E-state index is 8.79. The lowest BCUT2D eigenvalue weighted by Gasteiger charge is -2.17. The summed E-state index contributed by atoms with van der Waals surface area (Å²) in [5, 5.41) is 12.2. The van der Waals surface area contributed by atoms with Crippen molar-refractivity contribution in [2.24, 2.45) is 0 Å². The number of aryl methyl sites for hydroxylation is 1. The molecule has 0 radical (unpaired) electrons. The second kappa shape index (κ2) is 5.20. The van der Waals surface area contributed by atoms with Gasteiger partial charge in [0.25, 0.3) is 0 Å². The summed E-state index contributed by atoms with van der Waals surface area (Å²) in [4.78, 5) is 2.41. The van der Waals surface area contributed by atoms with Crippen molar-refractivity contribution >= 4 is 5.69 Å². The molecule has 0 aliphatic heterocycles. The Morgan fingerprint density at radius 2 is 2.24 bits per heavy atom. The van der Waals surface area contributed by atoms with Gasteiger partial charge in [-0.15, -0.1) is 0 Å². The highest BCUT2D eigenvalue weighted by Crippen LogP contribution is 2.24. The molecule has 0 bridgehead atoms. The quantitative estimate of drug-likeness (QED) is 0.842. The number of nitrogens with one attached hydrogen (secondary N) is 1. The van der Waals surface area contributed by atoms with Gasteiger partial charge < -0.3 is 10.2 Å². The Morgan fingerprint density at radius 1 is 1.47 bits per heavy atom. The summed E-state index contributed by atoms with van der Waals surface area (Å²) in [6, 6.07) is 8.75. The first kappa shape index (κ1) is 11.9. The van der Waals surface area contributed by atoms with Crippen molar-refractivity contribution in [3.8, 4) is 6.07 Å². The Balaban J connectivity index is 1.84. The minimum atomic E-state index is 0.725. The second-order valence-corrected chi connectivity index (χ2v) is 4.78. The number of nitrogens with zero attached hydrogens (tertiary/aromatic N) is 2. The molecule has 1 saturated carbocycles. The monoisotopic (exact) mass is 229 g/mol. The molecule has 0 spiro atoms. The van der Waals surface area contributed by atoms with Crippen LogP contribution in [0.25, 0.3) is 0 Å². The minimum absolute atomic E-state index is 0.725. The summed E-state index contributed by atoms with van der Waals surface area (Å²) < 4.78 is 0. The Morgan fingerprint density at radius 3 is 2.82 bits per heavy atom. The van der Waals surface area contributed by atoms with Gasteiger partial charge in [-0.2, -0.15) is 5.26 Å². The van der Waals surface area contributed by atoms with Crippen LogP contribution >= 0.6 is 0 Å². The van der Waals surface area contributed by atoms with Gasteiger partial charge in [0.15, 0.2) is 0 Å². The van der Waals surface area contributed by atoms with Crippen LogP contribution in [0.1, 0.15) is 24.0 Å². The summed E-state index contributed by atoms with van der Waals surface area (Å²) in [6.45, 7) is 4.07. The van der Waals surface area contributed by atoms with E-state index in [1.165, 1.54) is 12.8 Å². The van der Waals surface area contributed by atoms with Crippen molar-refractivity contribution in [2.75, 3.05) is 25.5 Å². The van der Waals surface area contributed by atoms with E-state index in [1.807, 2.05) is 25.1 Å². The summed E-state index contributed by atoms with van der Waals surface area (Å²) in [7, 11) is 2.19. The third kappa shape index (κ3) is 3.21. The van der Waals surface area contributed by atoms with Gasteiger partial charge in [0, 0.05) is 24.8 Å². The lowest BCUT2D eigenvalue weighted by atomic mass is 10.1. The third-order valence-corrected chi connectivity index (χ3v) is 3.31. The van der Waals surface area contributed by atoms with Crippen molar-refractivity contribution in [2.45, 2.75) is 25.8 Å². The highest BCUT2D eigenvalue weighted by molar-refractivity contribution is 5.54. The van der Waals surface area contributed by atoms with Gasteiger partial charge >= 0.3 is 0 Å². The zero-order chi connectivity index (χ0) is 12.3. The van der Waals surface area contributed by atoms with E-state index in [0.29, 0.717) is 0 Å². The summed E-state index contributed by atoms with van der Waals surface area (Å²) in [6.07, 6.45) is 2.71. The van der Waals surface area contributed by atoms with E-state index < -0.39 is 0 Å². The van der Waals surface area contributed by atoms with Crippen LogP contribution in [0, 0.1) is 18.3 Å². The number of rotatable bonds is 5. The summed E-state index contributed by atoms with van der Waals surface area (Å²) >= 11 is 0. The van der Waals surface area contributed by atoms with Gasteiger partial charge in [0.1, 0.15) is 0 Å². The Kier molecular flexibility index (Phi) is 3.65. The summed E-state index contributed by atoms with van der Waals surface area (Å²) in [5.41, 5.74) is 2.99. The number of hydrogen-bond donors (Lipinski definition) is 1. The van der Waals surface area contributed by atoms with E-state index in [1.54, 1.807) is 0 Å². The van der Waals surface area contributed by atoms with Crippen LogP contribution in [0.15, 0.2) is 18.2 Å². The maximum Gasteiger partial charge on any atom is 0.0991 e. The Labute approximate surface area is 103 Å². The molecular weight excluding hydrogens is 210 g/mol. The zero-order valence-corrected chi connectivity index (χ0v) is 10.5. The van der Waals surface area contributed by atoms with Crippen LogP contribution in [-0.4, -0.2) is 31.1 Å². The number of nitriles is 1. The van der Waals surface area contributed by atoms with E-state index in [2.05, 4.69) is 23.3 Å². The van der Waals surface area contributed by atoms with E-state index in [9.17, 15) is 0 Å². The van der Waals surface area contributed by atoms with Crippen molar-refractivity contribution in [3.63, 3.8) is 0 Å². The molecule has 90 valence electrons. The maximum atomic E-state index is 8.79. The molecule has 17 heavy (non-hydrogen) atoms. The molecule has 1 fully saturated rings. The first-order valence-electron chi connectivity index (χ1n) is 6.15. The average molecular weight is 229 g/mol. The second-order valence-electron chi connectivity index (χ2n) is 4.78. The molecule has 1 N–H and O–H groups in total. The highest BCUT2D eigenvalue weighted by Gasteiger charge is 2.25. The van der Waals surface area contributed by atoms with Gasteiger partial charge in [-0.3, -0.25) is 0 Å². The first-order chi connectivity index (χ1) is 8.20. The average Bonchev–Trinajstić information content (AvgIpc) is 3.15. The predicted octanol–water partition coefficient (Wildman–Crippen LogP) is 2.37. The Bertz CT molecular complexity index is 430. The van der Waals surface area contributed by atoms with Gasteiger partial charge in [-0.05, 0) is 50.6 Å². The van der Waals surface area contributed by atoms with Gasteiger partial charge in [-0.25, -0.2) is 0 Å². The molecule has 1 aromatic rings. The third-order valence-electron chi connectivity index (χ3n) is 3.31. The van der Waals surface area contributed by atoms with Gasteiger partial charge in [0.2, 0.25) is 0 Å². The smallest absolute Gasteiger partial charge is 0.0991 e. The van der Waals surface area contributed by atoms with E-state index >= 15 is 0 Å². The van der Waals surface area contributed by atoms with E-state index in [-0.39, 0.29) is 0 Å². The normalized spacial score (nSPS) is 14.7. The van der Waals surface area contributed by atoms with Crippen molar-refractivity contribution in [1.29, 1.82) is 5.26 Å². The molecule has 3 heteroatoms. The number of anilines is 1. The van der Waals surface area contributed by atoms with Crippen molar-refractivity contribution in [3.05, 3.63) is 29.3 Å². The first-order valence-corrected chi connectivity index (χ1v) is 6.15. The molecule has 1 aliphatic carbocycles. The minimum Gasteiger partial charge on any atom is -0.384 e. The number of likely N-dealkylation sites (N-methyl/N-ethyl adjacent to an activating group) is 1. The predicted molar refractivity (Wildman–Crippen MR) is 70.0 cm³/mol. The summed E-state index contributed by atoms with van der Waals surface area (Å²) in [5.74, 6) is 0. The fourth-order valence-corrected chi connectivity index (χ4v) is 2.00. The number of benzene rings is 1. The largest absolute Gasteiger partial charge is 0.384 e. The SMILES string of the molecule is Cc1cc(C#N)ccc1NCCN(C)C1CC1. The van der Waals surface area contributed by atoms with Crippen LogP contribution in [0.4, 0.5) is 5.69 Å². The fourth-order valence-electron chi connectivity index (χ4n) is 2.00. The topological polar surface area (TPSA) is 39.1 Å². The molecular formula is C14H19N3.